The summed E-state index contributed by atoms with van der Waals surface area (Å²) in [5, 5.41) is 7.39. The molecule has 1 aliphatic rings. The number of carbonyl (C=O) groups is 1. The average Bonchev–Trinajstić information content (AvgIpc) is 3.05. The van der Waals surface area contributed by atoms with Crippen LogP contribution in [0.2, 0.25) is 0 Å². The van der Waals surface area contributed by atoms with E-state index in [1.807, 2.05) is 42.1 Å². The molecule has 1 aliphatic heterocycles. The molecule has 0 spiro atoms. The Morgan fingerprint density at radius 3 is 3.11 bits per heavy atom. The van der Waals surface area contributed by atoms with Gasteiger partial charge in [0.1, 0.15) is 0 Å². The first-order valence-corrected chi connectivity index (χ1v) is 6.78. The van der Waals surface area contributed by atoms with Crippen LogP contribution in [0.5, 0.6) is 0 Å². The van der Waals surface area contributed by atoms with Crippen LogP contribution in [0.1, 0.15) is 16.8 Å². The number of amides is 1. The Morgan fingerprint density at radius 1 is 1.47 bits per heavy atom. The summed E-state index contributed by atoms with van der Waals surface area (Å²) in [5.74, 6) is 0.600. The Kier molecular flexibility index (Phi) is 3.25. The van der Waals surface area contributed by atoms with Gasteiger partial charge >= 0.3 is 0 Å². The predicted molar refractivity (Wildman–Crippen MR) is 76.2 cm³/mol. The molecule has 1 amide bonds. The maximum Gasteiger partial charge on any atom is 0.253 e. The van der Waals surface area contributed by atoms with Crippen molar-refractivity contribution in [2.24, 2.45) is 13.0 Å². The summed E-state index contributed by atoms with van der Waals surface area (Å²) in [5.41, 5.74) is 1.86. The zero-order chi connectivity index (χ0) is 13.2. The summed E-state index contributed by atoms with van der Waals surface area (Å²) in [6.45, 7) is 2.83. The van der Waals surface area contributed by atoms with E-state index in [0.717, 1.165) is 42.5 Å². The number of aryl methyl sites for hydroxylation is 1. The lowest BCUT2D eigenvalue weighted by molar-refractivity contribution is 0.0949. The van der Waals surface area contributed by atoms with Gasteiger partial charge in [-0.3, -0.25) is 4.79 Å². The molecule has 2 N–H and O–H groups in total. The van der Waals surface area contributed by atoms with Gasteiger partial charge in [0.25, 0.3) is 5.91 Å². The van der Waals surface area contributed by atoms with Gasteiger partial charge in [-0.05, 0) is 31.5 Å². The first kappa shape index (κ1) is 12.2. The summed E-state index contributed by atoms with van der Waals surface area (Å²) in [7, 11) is 1.97. The van der Waals surface area contributed by atoms with Crippen molar-refractivity contribution in [2.45, 2.75) is 6.42 Å². The Balaban J connectivity index is 1.77. The summed E-state index contributed by atoms with van der Waals surface area (Å²) >= 11 is 0. The van der Waals surface area contributed by atoms with E-state index >= 15 is 0 Å². The van der Waals surface area contributed by atoms with Gasteiger partial charge < -0.3 is 15.2 Å². The lowest BCUT2D eigenvalue weighted by Gasteiger charge is -2.09. The SMILES string of the molecule is Cn1cc(C(=O)NCC2CCNC2)c2ccccc21. The topological polar surface area (TPSA) is 46.1 Å². The molecule has 3 rings (SSSR count). The highest BCUT2D eigenvalue weighted by atomic mass is 16.1. The number of benzene rings is 1. The van der Waals surface area contributed by atoms with Crippen LogP contribution in [-0.2, 0) is 7.05 Å². The van der Waals surface area contributed by atoms with E-state index in [9.17, 15) is 4.79 Å². The van der Waals surface area contributed by atoms with Gasteiger partial charge in [0, 0.05) is 30.7 Å². The van der Waals surface area contributed by atoms with Gasteiger partial charge in [0.2, 0.25) is 0 Å². The number of fused-ring (bicyclic) bond motifs is 1. The fourth-order valence-electron chi connectivity index (χ4n) is 2.74. The molecule has 19 heavy (non-hydrogen) atoms. The molecule has 1 aromatic carbocycles. The lowest BCUT2D eigenvalue weighted by atomic mass is 10.1. The van der Waals surface area contributed by atoms with Crippen LogP contribution in [0, 0.1) is 5.92 Å². The average molecular weight is 257 g/mol. The van der Waals surface area contributed by atoms with Gasteiger partial charge in [-0.15, -0.1) is 0 Å². The number of aromatic nitrogens is 1. The zero-order valence-electron chi connectivity index (χ0n) is 11.1. The molecule has 1 unspecified atom stereocenters. The third-order valence-corrected chi connectivity index (χ3v) is 3.86. The van der Waals surface area contributed by atoms with E-state index in [0.29, 0.717) is 5.92 Å². The highest BCUT2D eigenvalue weighted by Crippen LogP contribution is 2.20. The van der Waals surface area contributed by atoms with Crippen LogP contribution in [0.25, 0.3) is 10.9 Å². The molecule has 0 radical (unpaired) electrons. The summed E-state index contributed by atoms with van der Waals surface area (Å²) in [6.07, 6.45) is 3.06. The number of rotatable bonds is 3. The van der Waals surface area contributed by atoms with Crippen molar-refractivity contribution in [1.82, 2.24) is 15.2 Å². The monoisotopic (exact) mass is 257 g/mol. The second-order valence-corrected chi connectivity index (χ2v) is 5.24. The van der Waals surface area contributed by atoms with E-state index in [2.05, 4.69) is 10.6 Å². The van der Waals surface area contributed by atoms with Crippen LogP contribution in [-0.4, -0.2) is 30.1 Å². The van der Waals surface area contributed by atoms with E-state index in [-0.39, 0.29) is 5.91 Å². The van der Waals surface area contributed by atoms with Crippen molar-refractivity contribution in [3.63, 3.8) is 0 Å². The Labute approximate surface area is 112 Å². The minimum absolute atomic E-state index is 0.0312. The highest BCUT2D eigenvalue weighted by molar-refractivity contribution is 6.06. The standard InChI is InChI=1S/C15H19N3O/c1-18-10-13(12-4-2-3-5-14(12)18)15(19)17-9-11-6-7-16-8-11/h2-5,10-11,16H,6-9H2,1H3,(H,17,19). The van der Waals surface area contributed by atoms with E-state index < -0.39 is 0 Å². The van der Waals surface area contributed by atoms with Gasteiger partial charge in [0.15, 0.2) is 0 Å². The molecule has 1 fully saturated rings. The third kappa shape index (κ3) is 2.36. The number of nitrogens with zero attached hydrogens (tertiary/aromatic N) is 1. The number of hydrogen-bond acceptors (Lipinski definition) is 2. The minimum Gasteiger partial charge on any atom is -0.352 e. The van der Waals surface area contributed by atoms with Gasteiger partial charge in [-0.25, -0.2) is 0 Å². The Morgan fingerprint density at radius 2 is 2.32 bits per heavy atom. The van der Waals surface area contributed by atoms with Gasteiger partial charge in [0.05, 0.1) is 5.56 Å². The van der Waals surface area contributed by atoms with E-state index in [1.54, 1.807) is 0 Å². The number of carbonyl (C=O) groups excluding carboxylic acids is 1. The maximum atomic E-state index is 12.3. The molecule has 1 saturated heterocycles. The minimum atomic E-state index is 0.0312. The predicted octanol–water partition coefficient (Wildman–Crippen LogP) is 1.52. The maximum absolute atomic E-state index is 12.3. The third-order valence-electron chi connectivity index (χ3n) is 3.86. The first-order valence-electron chi connectivity index (χ1n) is 6.78. The van der Waals surface area contributed by atoms with Crippen molar-refractivity contribution in [2.75, 3.05) is 19.6 Å². The smallest absolute Gasteiger partial charge is 0.253 e. The zero-order valence-corrected chi connectivity index (χ0v) is 11.1. The molecule has 0 aliphatic carbocycles. The first-order chi connectivity index (χ1) is 9.25. The fourth-order valence-corrected chi connectivity index (χ4v) is 2.74. The van der Waals surface area contributed by atoms with Crippen molar-refractivity contribution in [3.8, 4) is 0 Å². The molecular formula is C15H19N3O. The summed E-state index contributed by atoms with van der Waals surface area (Å²) in [4.78, 5) is 12.3. The molecule has 4 heteroatoms. The molecular weight excluding hydrogens is 238 g/mol. The number of para-hydroxylation sites is 1. The normalized spacial score (nSPS) is 18.9. The number of hydrogen-bond donors (Lipinski definition) is 2. The Hall–Kier alpha value is -1.81. The molecule has 1 aromatic heterocycles. The second-order valence-electron chi connectivity index (χ2n) is 5.24. The van der Waals surface area contributed by atoms with Crippen LogP contribution in [0.3, 0.4) is 0 Å². The van der Waals surface area contributed by atoms with Gasteiger partial charge in [-0.2, -0.15) is 0 Å². The van der Waals surface area contributed by atoms with Crippen LogP contribution >= 0.6 is 0 Å². The fraction of sp³-hybridized carbons (Fsp3) is 0.400. The Bertz CT molecular complexity index is 596. The largest absolute Gasteiger partial charge is 0.352 e. The molecule has 1 atom stereocenters. The molecule has 4 nitrogen and oxygen atoms in total. The molecule has 0 saturated carbocycles. The van der Waals surface area contributed by atoms with Crippen LogP contribution in [0.15, 0.2) is 30.5 Å². The molecule has 100 valence electrons. The molecule has 2 aromatic rings. The van der Waals surface area contributed by atoms with Crippen molar-refractivity contribution in [3.05, 3.63) is 36.0 Å². The second kappa shape index (κ2) is 5.05. The van der Waals surface area contributed by atoms with E-state index in [4.69, 9.17) is 0 Å². The van der Waals surface area contributed by atoms with E-state index in [1.165, 1.54) is 0 Å². The summed E-state index contributed by atoms with van der Waals surface area (Å²) in [6, 6.07) is 8.00. The van der Waals surface area contributed by atoms with Gasteiger partial charge in [-0.1, -0.05) is 18.2 Å². The van der Waals surface area contributed by atoms with Crippen LogP contribution < -0.4 is 10.6 Å². The quantitative estimate of drug-likeness (QED) is 0.875. The molecule has 2 heterocycles. The van der Waals surface area contributed by atoms with Crippen molar-refractivity contribution >= 4 is 16.8 Å². The lowest BCUT2D eigenvalue weighted by Crippen LogP contribution is -2.30. The molecule has 0 bridgehead atoms. The number of nitrogens with one attached hydrogen (secondary N) is 2. The van der Waals surface area contributed by atoms with Crippen molar-refractivity contribution in [1.29, 1.82) is 0 Å². The summed E-state index contributed by atoms with van der Waals surface area (Å²) < 4.78 is 2.00. The van der Waals surface area contributed by atoms with Crippen molar-refractivity contribution < 1.29 is 4.79 Å². The highest BCUT2D eigenvalue weighted by Gasteiger charge is 2.17. The van der Waals surface area contributed by atoms with Crippen LogP contribution in [0.4, 0.5) is 0 Å².